The Balaban J connectivity index is 1.71. The molecule has 2 aromatic carbocycles. The Kier molecular flexibility index (Phi) is 5.28. The van der Waals surface area contributed by atoms with Crippen molar-refractivity contribution in [3.05, 3.63) is 48.5 Å². The first kappa shape index (κ1) is 17.4. The minimum Gasteiger partial charge on any atom is -0.442 e. The first-order valence-electron chi connectivity index (χ1n) is 8.04. The van der Waals surface area contributed by atoms with E-state index >= 15 is 0 Å². The molecule has 5 nitrogen and oxygen atoms in total. The molecule has 2 amide bonds. The molecular weight excluding hydrogens is 336 g/mol. The van der Waals surface area contributed by atoms with Crippen molar-refractivity contribution in [1.82, 2.24) is 5.32 Å². The van der Waals surface area contributed by atoms with Crippen LogP contribution >= 0.6 is 11.8 Å². The number of cyclic esters (lactones) is 1. The van der Waals surface area contributed by atoms with Gasteiger partial charge in [0.15, 0.2) is 0 Å². The van der Waals surface area contributed by atoms with Crippen LogP contribution in [0.3, 0.4) is 0 Å². The van der Waals surface area contributed by atoms with Gasteiger partial charge in [-0.25, -0.2) is 4.79 Å². The number of ether oxygens (including phenoxy) is 1. The highest BCUT2D eigenvalue weighted by atomic mass is 32.2. The number of hydrogen-bond acceptors (Lipinski definition) is 4. The molecule has 1 heterocycles. The number of hydrogen-bond donors (Lipinski definition) is 1. The van der Waals surface area contributed by atoms with Gasteiger partial charge in [-0.15, -0.1) is 11.8 Å². The maximum atomic E-state index is 12.1. The van der Waals surface area contributed by atoms with E-state index in [9.17, 15) is 9.59 Å². The highest BCUT2D eigenvalue weighted by Gasteiger charge is 2.32. The SMILES string of the molecule is CSc1cccc(-c2ccc(N3CC(CNC(C)=O)OC3=O)cc2)c1. The summed E-state index contributed by atoms with van der Waals surface area (Å²) in [7, 11) is 0. The number of carbonyl (C=O) groups excluding carboxylic acids is 2. The van der Waals surface area contributed by atoms with Gasteiger partial charge >= 0.3 is 6.09 Å². The van der Waals surface area contributed by atoms with Crippen molar-refractivity contribution in [3.63, 3.8) is 0 Å². The van der Waals surface area contributed by atoms with Gasteiger partial charge in [0, 0.05) is 17.5 Å². The van der Waals surface area contributed by atoms with Crippen LogP contribution in [-0.2, 0) is 9.53 Å². The Morgan fingerprint density at radius 2 is 2.00 bits per heavy atom. The van der Waals surface area contributed by atoms with Gasteiger partial charge in [0.05, 0.1) is 13.1 Å². The summed E-state index contributed by atoms with van der Waals surface area (Å²) in [5.41, 5.74) is 3.04. The van der Waals surface area contributed by atoms with Gasteiger partial charge in [0.1, 0.15) is 6.10 Å². The second kappa shape index (κ2) is 7.61. The summed E-state index contributed by atoms with van der Waals surface area (Å²) in [4.78, 5) is 25.8. The van der Waals surface area contributed by atoms with Crippen LogP contribution in [0.4, 0.5) is 10.5 Å². The zero-order valence-corrected chi connectivity index (χ0v) is 15.0. The van der Waals surface area contributed by atoms with Crippen molar-refractivity contribution in [3.8, 4) is 11.1 Å². The standard InChI is InChI=1S/C19H20N2O3S/c1-13(22)20-11-17-12-21(19(23)24-17)16-8-6-14(7-9-16)15-4-3-5-18(10-15)25-2/h3-10,17H,11-12H2,1-2H3,(H,20,22). The van der Waals surface area contributed by atoms with Crippen LogP contribution in [0, 0.1) is 0 Å². The largest absolute Gasteiger partial charge is 0.442 e. The number of nitrogens with zero attached hydrogens (tertiary/aromatic N) is 1. The summed E-state index contributed by atoms with van der Waals surface area (Å²) in [5, 5.41) is 2.68. The van der Waals surface area contributed by atoms with Gasteiger partial charge < -0.3 is 10.1 Å². The second-order valence-corrected chi connectivity index (χ2v) is 6.71. The molecule has 0 spiro atoms. The van der Waals surface area contributed by atoms with Gasteiger partial charge in [-0.3, -0.25) is 9.69 Å². The number of benzene rings is 2. The molecule has 0 radical (unpaired) electrons. The van der Waals surface area contributed by atoms with Crippen LogP contribution in [0.1, 0.15) is 6.92 Å². The molecule has 2 aromatic rings. The van der Waals surface area contributed by atoms with E-state index < -0.39 is 0 Å². The fourth-order valence-electron chi connectivity index (χ4n) is 2.73. The minimum atomic E-state index is -0.382. The van der Waals surface area contributed by atoms with Gasteiger partial charge in [0.25, 0.3) is 0 Å². The van der Waals surface area contributed by atoms with E-state index in [2.05, 4.69) is 29.8 Å². The number of thioether (sulfide) groups is 1. The van der Waals surface area contributed by atoms with Crippen molar-refractivity contribution >= 4 is 29.4 Å². The fraction of sp³-hybridized carbons (Fsp3) is 0.263. The lowest BCUT2D eigenvalue weighted by Gasteiger charge is -2.14. The molecule has 1 aliphatic heterocycles. The molecule has 130 valence electrons. The van der Waals surface area contributed by atoms with E-state index in [0.29, 0.717) is 13.1 Å². The molecule has 0 aromatic heterocycles. The average molecular weight is 356 g/mol. The number of anilines is 1. The van der Waals surface area contributed by atoms with Gasteiger partial charge in [-0.1, -0.05) is 24.3 Å². The quantitative estimate of drug-likeness (QED) is 0.833. The summed E-state index contributed by atoms with van der Waals surface area (Å²) in [6, 6.07) is 16.2. The molecule has 0 saturated carbocycles. The third kappa shape index (κ3) is 4.14. The monoisotopic (exact) mass is 356 g/mol. The predicted molar refractivity (Wildman–Crippen MR) is 100.0 cm³/mol. The zero-order chi connectivity index (χ0) is 17.8. The second-order valence-electron chi connectivity index (χ2n) is 5.83. The van der Waals surface area contributed by atoms with Crippen LogP contribution in [0.5, 0.6) is 0 Å². The lowest BCUT2D eigenvalue weighted by molar-refractivity contribution is -0.119. The number of carbonyl (C=O) groups is 2. The third-order valence-corrected chi connectivity index (χ3v) is 4.76. The van der Waals surface area contributed by atoms with E-state index in [1.54, 1.807) is 16.7 Å². The van der Waals surface area contributed by atoms with Crippen LogP contribution in [0.15, 0.2) is 53.4 Å². The summed E-state index contributed by atoms with van der Waals surface area (Å²) in [6.45, 7) is 2.21. The molecule has 1 saturated heterocycles. The lowest BCUT2D eigenvalue weighted by Crippen LogP contribution is -2.33. The minimum absolute atomic E-state index is 0.133. The van der Waals surface area contributed by atoms with Gasteiger partial charge in [-0.2, -0.15) is 0 Å². The van der Waals surface area contributed by atoms with Gasteiger partial charge in [0.2, 0.25) is 5.91 Å². The number of nitrogens with one attached hydrogen (secondary N) is 1. The van der Waals surface area contributed by atoms with Crippen molar-refractivity contribution in [2.45, 2.75) is 17.9 Å². The molecule has 3 rings (SSSR count). The Bertz CT molecular complexity index is 776. The third-order valence-electron chi connectivity index (χ3n) is 4.03. The maximum Gasteiger partial charge on any atom is 0.414 e. The Labute approximate surface area is 151 Å². The van der Waals surface area contributed by atoms with E-state index in [1.165, 1.54) is 11.8 Å². The Hall–Kier alpha value is -2.47. The van der Waals surface area contributed by atoms with E-state index in [-0.39, 0.29) is 18.1 Å². The van der Waals surface area contributed by atoms with E-state index in [4.69, 9.17) is 4.74 Å². The smallest absolute Gasteiger partial charge is 0.414 e. The first-order valence-corrected chi connectivity index (χ1v) is 9.26. The number of rotatable bonds is 5. The molecule has 25 heavy (non-hydrogen) atoms. The molecule has 1 fully saturated rings. The number of amides is 2. The predicted octanol–water partition coefficient (Wildman–Crippen LogP) is 3.54. The van der Waals surface area contributed by atoms with Crippen LogP contribution < -0.4 is 10.2 Å². The van der Waals surface area contributed by atoms with Crippen LogP contribution in [-0.4, -0.2) is 37.4 Å². The van der Waals surface area contributed by atoms with Gasteiger partial charge in [-0.05, 0) is 41.6 Å². The molecular formula is C19H20N2O3S. The topological polar surface area (TPSA) is 58.6 Å². The molecule has 0 bridgehead atoms. The van der Waals surface area contributed by atoms with Crippen LogP contribution in [0.25, 0.3) is 11.1 Å². The normalized spacial score (nSPS) is 16.6. The summed E-state index contributed by atoms with van der Waals surface area (Å²) < 4.78 is 5.29. The van der Waals surface area contributed by atoms with E-state index in [1.807, 2.05) is 30.3 Å². The summed E-state index contributed by atoms with van der Waals surface area (Å²) in [6.07, 6.45) is 1.35. The highest BCUT2D eigenvalue weighted by Crippen LogP contribution is 2.28. The Morgan fingerprint density at radius 3 is 2.68 bits per heavy atom. The molecule has 1 unspecified atom stereocenters. The molecule has 0 aliphatic carbocycles. The molecule has 1 aliphatic rings. The van der Waals surface area contributed by atoms with E-state index in [0.717, 1.165) is 16.8 Å². The van der Waals surface area contributed by atoms with Crippen molar-refractivity contribution in [1.29, 1.82) is 0 Å². The summed E-state index contributed by atoms with van der Waals surface area (Å²) >= 11 is 1.71. The molecule has 1 N–H and O–H groups in total. The van der Waals surface area contributed by atoms with Crippen molar-refractivity contribution in [2.75, 3.05) is 24.2 Å². The highest BCUT2D eigenvalue weighted by molar-refractivity contribution is 7.98. The molecule has 6 heteroatoms. The lowest BCUT2D eigenvalue weighted by atomic mass is 10.1. The first-order chi connectivity index (χ1) is 12.1. The fourth-order valence-corrected chi connectivity index (χ4v) is 3.19. The summed E-state index contributed by atoms with van der Waals surface area (Å²) in [5.74, 6) is -0.133. The van der Waals surface area contributed by atoms with Crippen molar-refractivity contribution in [2.24, 2.45) is 0 Å². The Morgan fingerprint density at radius 1 is 1.24 bits per heavy atom. The zero-order valence-electron chi connectivity index (χ0n) is 14.2. The maximum absolute atomic E-state index is 12.1. The van der Waals surface area contributed by atoms with Crippen molar-refractivity contribution < 1.29 is 14.3 Å². The van der Waals surface area contributed by atoms with Crippen LogP contribution in [0.2, 0.25) is 0 Å². The average Bonchev–Trinajstić information content (AvgIpc) is 3.01. The molecule has 1 atom stereocenters.